The van der Waals surface area contributed by atoms with Crippen molar-refractivity contribution in [2.24, 2.45) is 5.73 Å². The Morgan fingerprint density at radius 1 is 1.60 bits per heavy atom. The van der Waals surface area contributed by atoms with Gasteiger partial charge in [-0.25, -0.2) is 0 Å². The van der Waals surface area contributed by atoms with Gasteiger partial charge in [-0.2, -0.15) is 14.7 Å². The molecule has 0 unspecified atom stereocenters. The first-order valence-corrected chi connectivity index (χ1v) is 4.33. The molecule has 0 atom stereocenters. The average molecular weight is 168 g/mol. The number of carbonyl (C=O) groups is 1. The van der Waals surface area contributed by atoms with Crippen LogP contribution in [0.15, 0.2) is 12.7 Å². The van der Waals surface area contributed by atoms with E-state index in [1.165, 1.54) is 0 Å². The molecule has 0 heterocycles. The molecule has 0 fully saturated rings. The maximum atomic E-state index is 9.47. The Kier molecular flexibility index (Phi) is 6.50. The summed E-state index contributed by atoms with van der Waals surface area (Å²) in [5, 5.41) is 0. The lowest BCUT2D eigenvalue weighted by Crippen LogP contribution is -2.04. The molecule has 0 rings (SSSR count). The number of hydrogen-bond donors (Lipinski definition) is 4. The van der Waals surface area contributed by atoms with Gasteiger partial charge in [0, 0.05) is 0 Å². The van der Waals surface area contributed by atoms with E-state index in [2.05, 4.69) is 12.3 Å². The van der Waals surface area contributed by atoms with Gasteiger partial charge in [-0.1, -0.05) is 6.58 Å². The topological polar surface area (TPSA) is 104 Å². The average Bonchev–Trinajstić information content (AvgIpc) is 1.61. The highest BCUT2D eigenvalue weighted by Gasteiger charge is 2.17. The summed E-state index contributed by atoms with van der Waals surface area (Å²) in [6, 6.07) is 0. The quantitative estimate of drug-likeness (QED) is 0.298. The molecule has 0 aliphatic carbocycles. The summed E-state index contributed by atoms with van der Waals surface area (Å²) in [5.74, 6) is -0.481. The van der Waals surface area contributed by atoms with Gasteiger partial charge in [-0.3, -0.25) is 4.79 Å². The van der Waals surface area contributed by atoms with Gasteiger partial charge in [0.25, 0.3) is 0 Å². The van der Waals surface area contributed by atoms with Crippen LogP contribution in [-0.4, -0.2) is 27.3 Å². The van der Waals surface area contributed by atoms with E-state index in [9.17, 15) is 4.79 Å². The van der Waals surface area contributed by atoms with Crippen molar-refractivity contribution in [3.63, 3.8) is 0 Å². The number of amides is 1. The molecule has 0 radical (unpaired) electrons. The number of primary amides is 1. The van der Waals surface area contributed by atoms with E-state index in [0.717, 1.165) is 12.7 Å². The first-order chi connectivity index (χ1) is 4.27. The summed E-state index contributed by atoms with van der Waals surface area (Å²) < 4.78 is 0. The van der Waals surface area contributed by atoms with Crippen molar-refractivity contribution in [2.75, 3.05) is 6.66 Å². The van der Waals surface area contributed by atoms with E-state index < -0.39 is 13.9 Å². The Bertz CT molecular complexity index is 113. The zero-order valence-electron chi connectivity index (χ0n) is 5.56. The minimum absolute atomic E-state index is 0.481. The molecular weight excluding hydrogens is 157 g/mol. The standard InChI is InChI=1S/C3H5NO.CH6O3P/c1-2-3(4)5;1-5(2,3)4/h2H,1H2,(H2,4,5);2-4H,1H3/q;+1. The van der Waals surface area contributed by atoms with Crippen LogP contribution in [0.2, 0.25) is 0 Å². The van der Waals surface area contributed by atoms with Crippen molar-refractivity contribution < 1.29 is 19.5 Å². The second-order valence-electron chi connectivity index (χ2n) is 1.47. The van der Waals surface area contributed by atoms with E-state index >= 15 is 0 Å². The first kappa shape index (κ1) is 12.2. The Morgan fingerprint density at radius 2 is 1.70 bits per heavy atom. The summed E-state index contributed by atoms with van der Waals surface area (Å²) in [6.45, 7) is 4.05. The second kappa shape index (κ2) is 5.32. The molecule has 0 aromatic rings. The van der Waals surface area contributed by atoms with Gasteiger partial charge in [-0.15, -0.1) is 0 Å². The predicted octanol–water partition coefficient (Wildman–Crippen LogP) is -0.987. The van der Waals surface area contributed by atoms with Gasteiger partial charge in [0.2, 0.25) is 5.91 Å². The first-order valence-electron chi connectivity index (χ1n) is 2.24. The Labute approximate surface area is 59.4 Å². The summed E-state index contributed by atoms with van der Waals surface area (Å²) in [6.07, 6.45) is 1.06. The van der Waals surface area contributed by atoms with E-state index in [1.807, 2.05) is 0 Å². The molecule has 10 heavy (non-hydrogen) atoms. The van der Waals surface area contributed by atoms with Crippen molar-refractivity contribution in [3.05, 3.63) is 12.7 Å². The SMILES string of the molecule is C=CC(N)=O.C[P+](O)(O)O. The Balaban J connectivity index is 0. The Morgan fingerprint density at radius 3 is 1.70 bits per heavy atom. The van der Waals surface area contributed by atoms with Gasteiger partial charge >= 0.3 is 7.94 Å². The summed E-state index contributed by atoms with van der Waals surface area (Å²) >= 11 is 0. The third-order valence-electron chi connectivity index (χ3n) is 0.201. The predicted molar refractivity (Wildman–Crippen MR) is 38.9 cm³/mol. The maximum absolute atomic E-state index is 9.47. The summed E-state index contributed by atoms with van der Waals surface area (Å²) in [7, 11) is -3.39. The largest absolute Gasteiger partial charge is 0.400 e. The van der Waals surface area contributed by atoms with Crippen molar-refractivity contribution in [3.8, 4) is 0 Å². The third kappa shape index (κ3) is 138. The molecule has 0 bridgehead atoms. The fourth-order valence-electron chi connectivity index (χ4n) is 0. The van der Waals surface area contributed by atoms with Gasteiger partial charge in [0.05, 0.1) is 0 Å². The Hall–Kier alpha value is -0.480. The van der Waals surface area contributed by atoms with Crippen molar-refractivity contribution in [1.82, 2.24) is 0 Å². The molecule has 6 heteroatoms. The van der Waals surface area contributed by atoms with E-state index in [-0.39, 0.29) is 0 Å². The van der Waals surface area contributed by atoms with Gasteiger partial charge in [0.15, 0.2) is 0 Å². The monoisotopic (exact) mass is 168 g/mol. The summed E-state index contributed by atoms with van der Waals surface area (Å²) in [4.78, 5) is 32.7. The molecule has 0 aromatic carbocycles. The zero-order chi connectivity index (χ0) is 8.78. The number of nitrogens with two attached hydrogens (primary N) is 1. The molecule has 1 amide bonds. The molecule has 0 aliphatic heterocycles. The molecule has 0 aromatic heterocycles. The molecular formula is C4H11NO4P+. The molecule has 0 aliphatic rings. The summed E-state index contributed by atoms with van der Waals surface area (Å²) in [5.41, 5.74) is 4.53. The molecule has 0 spiro atoms. The number of hydrogen-bond acceptors (Lipinski definition) is 4. The van der Waals surface area contributed by atoms with Crippen LogP contribution in [0.3, 0.4) is 0 Å². The van der Waals surface area contributed by atoms with E-state index in [0.29, 0.717) is 0 Å². The van der Waals surface area contributed by atoms with Crippen LogP contribution in [0.5, 0.6) is 0 Å². The number of carbonyl (C=O) groups excluding carboxylic acids is 1. The minimum Gasteiger partial charge on any atom is -0.366 e. The smallest absolute Gasteiger partial charge is 0.366 e. The van der Waals surface area contributed by atoms with E-state index in [1.54, 1.807) is 0 Å². The molecule has 0 saturated carbocycles. The van der Waals surface area contributed by atoms with Crippen LogP contribution in [-0.2, 0) is 4.79 Å². The van der Waals surface area contributed by atoms with E-state index in [4.69, 9.17) is 14.7 Å². The highest BCUT2D eigenvalue weighted by molar-refractivity contribution is 7.57. The van der Waals surface area contributed by atoms with Crippen LogP contribution in [0, 0.1) is 0 Å². The third-order valence-corrected chi connectivity index (χ3v) is 0.201. The highest BCUT2D eigenvalue weighted by Crippen LogP contribution is 2.38. The zero-order valence-corrected chi connectivity index (χ0v) is 6.45. The van der Waals surface area contributed by atoms with Gasteiger partial charge < -0.3 is 5.73 Å². The molecule has 60 valence electrons. The molecule has 0 saturated heterocycles. The van der Waals surface area contributed by atoms with Crippen molar-refractivity contribution in [1.29, 1.82) is 0 Å². The molecule has 5 N–H and O–H groups in total. The van der Waals surface area contributed by atoms with Gasteiger partial charge in [-0.05, 0) is 6.08 Å². The second-order valence-corrected chi connectivity index (χ2v) is 3.21. The fourth-order valence-corrected chi connectivity index (χ4v) is 0. The lowest BCUT2D eigenvalue weighted by molar-refractivity contribution is -0.113. The molecule has 5 nitrogen and oxygen atoms in total. The number of rotatable bonds is 1. The lowest BCUT2D eigenvalue weighted by atomic mass is 10.6. The van der Waals surface area contributed by atoms with Crippen LogP contribution in [0.4, 0.5) is 0 Å². The van der Waals surface area contributed by atoms with Crippen LogP contribution < -0.4 is 5.73 Å². The van der Waals surface area contributed by atoms with Crippen molar-refractivity contribution >= 4 is 13.9 Å². The van der Waals surface area contributed by atoms with Crippen molar-refractivity contribution in [2.45, 2.75) is 0 Å². The van der Waals surface area contributed by atoms with Crippen LogP contribution in [0.25, 0.3) is 0 Å². The normalized spacial score (nSPS) is 9.20. The highest BCUT2D eigenvalue weighted by atomic mass is 31.2. The fraction of sp³-hybridized carbons (Fsp3) is 0.250. The minimum atomic E-state index is -3.39. The van der Waals surface area contributed by atoms with Crippen LogP contribution >= 0.6 is 7.94 Å². The van der Waals surface area contributed by atoms with Gasteiger partial charge in [0.1, 0.15) is 6.66 Å². The van der Waals surface area contributed by atoms with Crippen LogP contribution in [0.1, 0.15) is 0 Å². The maximum Gasteiger partial charge on any atom is 0.400 e. The lowest BCUT2D eigenvalue weighted by Gasteiger charge is -1.88.